The highest BCUT2D eigenvalue weighted by Crippen LogP contribution is 2.45. The maximum Gasteiger partial charge on any atom is 0.255 e. The monoisotopic (exact) mass is 531 g/mol. The number of nitrogens with zero attached hydrogens (tertiary/aromatic N) is 2. The molecule has 4 aliphatic rings. The molecule has 0 aliphatic carbocycles. The summed E-state index contributed by atoms with van der Waals surface area (Å²) in [6.07, 6.45) is 7.39. The van der Waals surface area contributed by atoms with Gasteiger partial charge < -0.3 is 19.3 Å². The van der Waals surface area contributed by atoms with Gasteiger partial charge in [0.1, 0.15) is 17.5 Å². The molecule has 39 heavy (non-hydrogen) atoms. The van der Waals surface area contributed by atoms with E-state index in [1.807, 2.05) is 12.1 Å². The maximum absolute atomic E-state index is 13.0. The minimum atomic E-state index is -0.608. The first-order valence-electron chi connectivity index (χ1n) is 14.4. The molecule has 8 heteroatoms. The molecule has 0 bridgehead atoms. The van der Waals surface area contributed by atoms with Crippen LogP contribution < -0.4 is 14.8 Å². The van der Waals surface area contributed by atoms with Crippen LogP contribution in [0.2, 0.25) is 0 Å². The summed E-state index contributed by atoms with van der Waals surface area (Å²) in [6, 6.07) is 13.4. The fraction of sp³-hybridized carbons (Fsp3) is 0.516. The van der Waals surface area contributed by atoms with Gasteiger partial charge in [-0.2, -0.15) is 0 Å². The molecule has 0 radical (unpaired) electrons. The molecule has 206 valence electrons. The van der Waals surface area contributed by atoms with E-state index in [9.17, 15) is 14.4 Å². The maximum atomic E-state index is 13.0. The van der Waals surface area contributed by atoms with Crippen molar-refractivity contribution in [3.8, 4) is 11.5 Å². The number of hydrogen-bond donors (Lipinski definition) is 1. The molecule has 1 N–H and O–H groups in total. The molecular formula is C31H37N3O5. The van der Waals surface area contributed by atoms with Gasteiger partial charge in [-0.3, -0.25) is 19.7 Å². The first kappa shape index (κ1) is 25.9. The predicted molar refractivity (Wildman–Crippen MR) is 146 cm³/mol. The van der Waals surface area contributed by atoms with Crippen molar-refractivity contribution >= 4 is 17.7 Å². The number of amides is 3. The van der Waals surface area contributed by atoms with Crippen LogP contribution in [-0.4, -0.2) is 66.4 Å². The normalized spacial score (nSPS) is 22.0. The van der Waals surface area contributed by atoms with Crippen molar-refractivity contribution < 1.29 is 23.9 Å². The van der Waals surface area contributed by atoms with Gasteiger partial charge in [-0.25, -0.2) is 0 Å². The average molecular weight is 532 g/mol. The Kier molecular flexibility index (Phi) is 7.30. The van der Waals surface area contributed by atoms with E-state index in [1.54, 1.807) is 11.0 Å². The number of hydrogen-bond acceptors (Lipinski definition) is 6. The molecule has 1 unspecified atom stereocenters. The molecule has 8 nitrogen and oxygen atoms in total. The van der Waals surface area contributed by atoms with Crippen molar-refractivity contribution in [2.24, 2.45) is 0 Å². The Labute approximate surface area is 229 Å². The standard InChI is InChI=1S/C31H37N3O5/c35-28-13-12-25(29(36)32-28)34-20-23-22(30(34)37)8-7-11-26(23)38-19-6-2-1-5-16-33-17-14-31(15-18-33)21-39-27-10-4-3-9-24(27)31/h3-4,7-11,25H,1-2,5-6,12-21H2,(H,32,35,36). The van der Waals surface area contributed by atoms with E-state index in [-0.39, 0.29) is 23.7 Å². The molecule has 4 aliphatic heterocycles. The number of para-hydroxylation sites is 1. The topological polar surface area (TPSA) is 88.2 Å². The molecule has 0 aromatic heterocycles. The minimum Gasteiger partial charge on any atom is -0.493 e. The Morgan fingerprint density at radius 1 is 0.974 bits per heavy atom. The van der Waals surface area contributed by atoms with Gasteiger partial charge in [0.05, 0.1) is 19.8 Å². The number of nitrogens with one attached hydrogen (secondary N) is 1. The van der Waals surface area contributed by atoms with Gasteiger partial charge in [0, 0.05) is 28.5 Å². The number of fused-ring (bicyclic) bond motifs is 3. The predicted octanol–water partition coefficient (Wildman–Crippen LogP) is 3.81. The van der Waals surface area contributed by atoms with Crippen molar-refractivity contribution in [1.29, 1.82) is 0 Å². The third kappa shape index (κ3) is 5.14. The first-order valence-corrected chi connectivity index (χ1v) is 14.4. The van der Waals surface area contributed by atoms with Gasteiger partial charge in [-0.1, -0.05) is 37.1 Å². The van der Waals surface area contributed by atoms with Gasteiger partial charge in [0.25, 0.3) is 5.91 Å². The van der Waals surface area contributed by atoms with Crippen LogP contribution in [0.3, 0.4) is 0 Å². The number of likely N-dealkylation sites (tertiary alicyclic amines) is 1. The Balaban J connectivity index is 0.908. The van der Waals surface area contributed by atoms with Gasteiger partial charge in [0.15, 0.2) is 0 Å². The fourth-order valence-corrected chi connectivity index (χ4v) is 6.61. The van der Waals surface area contributed by atoms with Crippen LogP contribution in [0.15, 0.2) is 42.5 Å². The smallest absolute Gasteiger partial charge is 0.255 e. The Morgan fingerprint density at radius 2 is 1.79 bits per heavy atom. The van der Waals surface area contributed by atoms with Crippen LogP contribution in [0.1, 0.15) is 72.9 Å². The largest absolute Gasteiger partial charge is 0.493 e. The molecule has 1 spiro atoms. The van der Waals surface area contributed by atoms with E-state index in [1.165, 1.54) is 31.2 Å². The van der Waals surface area contributed by atoms with E-state index in [4.69, 9.17) is 9.47 Å². The lowest BCUT2D eigenvalue weighted by atomic mass is 9.74. The van der Waals surface area contributed by atoms with Gasteiger partial charge in [-0.05, 0) is 69.9 Å². The van der Waals surface area contributed by atoms with Crippen LogP contribution in [0, 0.1) is 0 Å². The number of carbonyl (C=O) groups excluding carboxylic acids is 3. The number of imide groups is 1. The Hall–Kier alpha value is -3.39. The van der Waals surface area contributed by atoms with Crippen molar-refractivity contribution in [1.82, 2.24) is 15.1 Å². The van der Waals surface area contributed by atoms with Crippen LogP contribution in [0.4, 0.5) is 0 Å². The Morgan fingerprint density at radius 3 is 2.64 bits per heavy atom. The molecule has 2 aromatic carbocycles. The number of benzene rings is 2. The second-order valence-corrected chi connectivity index (χ2v) is 11.4. The van der Waals surface area contributed by atoms with Crippen molar-refractivity contribution in [2.45, 2.75) is 69.4 Å². The van der Waals surface area contributed by atoms with E-state index in [0.29, 0.717) is 25.1 Å². The summed E-state index contributed by atoms with van der Waals surface area (Å²) in [4.78, 5) is 41.0. The Bertz CT molecular complexity index is 1250. The van der Waals surface area contributed by atoms with Crippen molar-refractivity contribution in [2.75, 3.05) is 32.8 Å². The summed E-state index contributed by atoms with van der Waals surface area (Å²) in [5.74, 6) is 0.955. The third-order valence-electron chi connectivity index (χ3n) is 8.94. The zero-order chi connectivity index (χ0) is 26.8. The molecule has 2 fully saturated rings. The second-order valence-electron chi connectivity index (χ2n) is 11.4. The van der Waals surface area contributed by atoms with Crippen molar-refractivity contribution in [3.63, 3.8) is 0 Å². The van der Waals surface area contributed by atoms with Gasteiger partial charge >= 0.3 is 0 Å². The molecule has 4 heterocycles. The second kappa shape index (κ2) is 11.0. The number of unbranched alkanes of at least 4 members (excludes halogenated alkanes) is 3. The van der Waals surface area contributed by atoms with E-state index in [0.717, 1.165) is 56.1 Å². The number of piperidine rings is 2. The number of rotatable bonds is 9. The summed E-state index contributed by atoms with van der Waals surface area (Å²) in [5, 5.41) is 2.35. The van der Waals surface area contributed by atoms with Crippen LogP contribution in [0.25, 0.3) is 0 Å². The minimum absolute atomic E-state index is 0.168. The highest BCUT2D eigenvalue weighted by atomic mass is 16.5. The van der Waals surface area contributed by atoms with Crippen LogP contribution in [-0.2, 0) is 21.5 Å². The third-order valence-corrected chi connectivity index (χ3v) is 8.94. The molecule has 1 atom stereocenters. The highest BCUT2D eigenvalue weighted by Gasteiger charge is 2.43. The number of carbonyl (C=O) groups is 3. The van der Waals surface area contributed by atoms with Gasteiger partial charge in [-0.15, -0.1) is 0 Å². The zero-order valence-electron chi connectivity index (χ0n) is 22.5. The summed E-state index contributed by atoms with van der Waals surface area (Å²) in [6.45, 7) is 5.18. The quantitative estimate of drug-likeness (QED) is 0.391. The average Bonchev–Trinajstić information content (AvgIpc) is 3.48. The summed E-state index contributed by atoms with van der Waals surface area (Å²) in [7, 11) is 0. The zero-order valence-corrected chi connectivity index (χ0v) is 22.5. The van der Waals surface area contributed by atoms with E-state index < -0.39 is 11.9 Å². The molecule has 2 saturated heterocycles. The van der Waals surface area contributed by atoms with Gasteiger partial charge in [0.2, 0.25) is 11.8 Å². The summed E-state index contributed by atoms with van der Waals surface area (Å²) >= 11 is 0. The lowest BCUT2D eigenvalue weighted by molar-refractivity contribution is -0.136. The molecule has 6 rings (SSSR count). The SMILES string of the molecule is O=C1CCC(N2Cc3c(OCCCCCCN4CCC5(CC4)COc4ccccc45)cccc3C2=O)C(=O)N1. The van der Waals surface area contributed by atoms with Crippen LogP contribution >= 0.6 is 0 Å². The first-order chi connectivity index (χ1) is 19.0. The summed E-state index contributed by atoms with van der Waals surface area (Å²) in [5.41, 5.74) is 3.05. The lowest BCUT2D eigenvalue weighted by Gasteiger charge is -2.38. The highest BCUT2D eigenvalue weighted by molar-refractivity contribution is 6.05. The van der Waals surface area contributed by atoms with E-state index >= 15 is 0 Å². The number of ether oxygens (including phenoxy) is 2. The van der Waals surface area contributed by atoms with Crippen molar-refractivity contribution in [3.05, 3.63) is 59.2 Å². The molecular weight excluding hydrogens is 494 g/mol. The molecule has 3 amide bonds. The lowest BCUT2D eigenvalue weighted by Crippen LogP contribution is -2.52. The fourth-order valence-electron chi connectivity index (χ4n) is 6.61. The van der Waals surface area contributed by atoms with Crippen LogP contribution in [0.5, 0.6) is 11.5 Å². The van der Waals surface area contributed by atoms with E-state index in [2.05, 4.69) is 34.5 Å². The molecule has 2 aromatic rings. The summed E-state index contributed by atoms with van der Waals surface area (Å²) < 4.78 is 12.1. The molecule has 0 saturated carbocycles.